The Bertz CT molecular complexity index is 322. The van der Waals surface area contributed by atoms with Crippen molar-refractivity contribution in [3.63, 3.8) is 0 Å². The van der Waals surface area contributed by atoms with Crippen molar-refractivity contribution in [3.05, 3.63) is 30.1 Å². The highest BCUT2D eigenvalue weighted by molar-refractivity contribution is 5.09. The molecule has 1 aromatic rings. The Kier molecular flexibility index (Phi) is 8.33. The molecule has 0 amide bonds. The summed E-state index contributed by atoms with van der Waals surface area (Å²) in [6.07, 6.45) is 4.02. The van der Waals surface area contributed by atoms with Crippen molar-refractivity contribution < 1.29 is 14.6 Å². The lowest BCUT2D eigenvalue weighted by atomic mass is 10.2. The molecule has 0 spiro atoms. The summed E-state index contributed by atoms with van der Waals surface area (Å²) in [7, 11) is 1.64. The number of methoxy groups -OCH3 is 1. The third-order valence-electron chi connectivity index (χ3n) is 2.69. The molecule has 0 aromatic carbocycles. The summed E-state index contributed by atoms with van der Waals surface area (Å²) in [6, 6.07) is 3.99. The maximum atomic E-state index is 9.73. The van der Waals surface area contributed by atoms with Gasteiger partial charge in [0.1, 0.15) is 0 Å². The lowest BCUT2D eigenvalue weighted by Gasteiger charge is -2.16. The molecule has 5 nitrogen and oxygen atoms in total. The number of aromatic nitrogens is 1. The second kappa shape index (κ2) is 9.86. The molecular formula is C14H24N2O3. The van der Waals surface area contributed by atoms with E-state index < -0.39 is 6.10 Å². The highest BCUT2D eigenvalue weighted by Gasteiger charge is 2.07. The molecule has 0 saturated carbocycles. The molecule has 1 aromatic heterocycles. The zero-order chi connectivity index (χ0) is 13.9. The van der Waals surface area contributed by atoms with Gasteiger partial charge in [-0.1, -0.05) is 0 Å². The Morgan fingerprint density at radius 2 is 2.05 bits per heavy atom. The average Bonchev–Trinajstić information content (AvgIpc) is 2.43. The van der Waals surface area contributed by atoms with E-state index in [1.807, 2.05) is 19.1 Å². The molecular weight excluding hydrogens is 244 g/mol. The Morgan fingerprint density at radius 1 is 1.32 bits per heavy atom. The molecule has 2 atom stereocenters. The quantitative estimate of drug-likeness (QED) is 0.609. The second-order valence-electron chi connectivity index (χ2n) is 4.56. The number of hydrogen-bond acceptors (Lipinski definition) is 5. The Labute approximate surface area is 115 Å². The number of aliphatic hydroxyl groups is 1. The van der Waals surface area contributed by atoms with Crippen molar-refractivity contribution in [1.29, 1.82) is 0 Å². The zero-order valence-corrected chi connectivity index (χ0v) is 11.7. The summed E-state index contributed by atoms with van der Waals surface area (Å²) >= 11 is 0. The van der Waals surface area contributed by atoms with E-state index in [-0.39, 0.29) is 6.10 Å². The van der Waals surface area contributed by atoms with Crippen LogP contribution in [-0.4, -0.2) is 55.7 Å². The predicted octanol–water partition coefficient (Wildman–Crippen LogP) is 0.626. The first kappa shape index (κ1) is 16.0. The molecule has 2 N–H and O–H groups in total. The standard InChI is InChI=1S/C14H24N2O3/c1-12(10-18-2)19-11-14(17)9-16-8-5-13-3-6-15-7-4-13/h3-4,6-7,12,14,16-17H,5,8-11H2,1-2H3. The van der Waals surface area contributed by atoms with Gasteiger partial charge in [0.15, 0.2) is 0 Å². The number of rotatable bonds is 10. The van der Waals surface area contributed by atoms with Gasteiger partial charge in [0.05, 0.1) is 25.4 Å². The molecule has 108 valence electrons. The van der Waals surface area contributed by atoms with Gasteiger partial charge in [-0.3, -0.25) is 4.98 Å². The lowest BCUT2D eigenvalue weighted by Crippen LogP contribution is -2.33. The van der Waals surface area contributed by atoms with Crippen LogP contribution in [-0.2, 0) is 15.9 Å². The number of pyridine rings is 1. The third-order valence-corrected chi connectivity index (χ3v) is 2.69. The Morgan fingerprint density at radius 3 is 2.74 bits per heavy atom. The van der Waals surface area contributed by atoms with Crippen molar-refractivity contribution in [3.8, 4) is 0 Å². The van der Waals surface area contributed by atoms with E-state index in [0.29, 0.717) is 19.8 Å². The summed E-state index contributed by atoms with van der Waals surface area (Å²) in [5.74, 6) is 0. The van der Waals surface area contributed by atoms with E-state index in [9.17, 15) is 5.11 Å². The maximum Gasteiger partial charge on any atom is 0.0897 e. The van der Waals surface area contributed by atoms with Crippen molar-refractivity contribution in [1.82, 2.24) is 10.3 Å². The van der Waals surface area contributed by atoms with E-state index in [1.54, 1.807) is 19.5 Å². The maximum absolute atomic E-state index is 9.73. The highest BCUT2D eigenvalue weighted by atomic mass is 16.5. The normalized spacial score (nSPS) is 14.3. The van der Waals surface area contributed by atoms with Crippen LogP contribution in [0.3, 0.4) is 0 Å². The summed E-state index contributed by atoms with van der Waals surface area (Å²) < 4.78 is 10.4. The van der Waals surface area contributed by atoms with Gasteiger partial charge >= 0.3 is 0 Å². The number of nitrogens with zero attached hydrogens (tertiary/aromatic N) is 1. The largest absolute Gasteiger partial charge is 0.389 e. The fourth-order valence-corrected chi connectivity index (χ4v) is 1.67. The van der Waals surface area contributed by atoms with Gasteiger partial charge in [-0.15, -0.1) is 0 Å². The van der Waals surface area contributed by atoms with E-state index >= 15 is 0 Å². The molecule has 0 saturated heterocycles. The minimum atomic E-state index is -0.489. The minimum absolute atomic E-state index is 0.0106. The van der Waals surface area contributed by atoms with Crippen molar-refractivity contribution in [2.45, 2.75) is 25.6 Å². The highest BCUT2D eigenvalue weighted by Crippen LogP contribution is 1.96. The summed E-state index contributed by atoms with van der Waals surface area (Å²) in [6.45, 7) is 4.15. The van der Waals surface area contributed by atoms with E-state index in [4.69, 9.17) is 9.47 Å². The van der Waals surface area contributed by atoms with Crippen LogP contribution in [0, 0.1) is 0 Å². The van der Waals surface area contributed by atoms with Crippen LogP contribution in [0.15, 0.2) is 24.5 Å². The molecule has 0 fully saturated rings. The molecule has 1 rings (SSSR count). The molecule has 0 aliphatic heterocycles. The van der Waals surface area contributed by atoms with Crippen LogP contribution in [0.25, 0.3) is 0 Å². The SMILES string of the molecule is COCC(C)OCC(O)CNCCc1ccncc1. The zero-order valence-electron chi connectivity index (χ0n) is 11.7. The van der Waals surface area contributed by atoms with Gasteiger partial charge in [0, 0.05) is 26.0 Å². The molecule has 0 aliphatic rings. The Balaban J connectivity index is 2.02. The smallest absolute Gasteiger partial charge is 0.0897 e. The van der Waals surface area contributed by atoms with Gasteiger partial charge < -0.3 is 19.9 Å². The number of ether oxygens (including phenoxy) is 2. The first-order valence-electron chi connectivity index (χ1n) is 6.60. The van der Waals surface area contributed by atoms with Crippen LogP contribution in [0.2, 0.25) is 0 Å². The molecule has 5 heteroatoms. The van der Waals surface area contributed by atoms with Crippen LogP contribution >= 0.6 is 0 Å². The van der Waals surface area contributed by atoms with Gasteiger partial charge in [-0.2, -0.15) is 0 Å². The summed E-state index contributed by atoms with van der Waals surface area (Å²) in [5, 5.41) is 12.9. The molecule has 0 radical (unpaired) electrons. The molecule has 1 heterocycles. The van der Waals surface area contributed by atoms with Crippen molar-refractivity contribution >= 4 is 0 Å². The van der Waals surface area contributed by atoms with Crippen molar-refractivity contribution in [2.75, 3.05) is 33.4 Å². The topological polar surface area (TPSA) is 63.6 Å². The van der Waals surface area contributed by atoms with Gasteiger partial charge in [-0.05, 0) is 37.6 Å². The Hall–Kier alpha value is -1.01. The summed E-state index contributed by atoms with van der Waals surface area (Å²) in [4.78, 5) is 3.97. The van der Waals surface area contributed by atoms with Gasteiger partial charge in [0.2, 0.25) is 0 Å². The minimum Gasteiger partial charge on any atom is -0.389 e. The molecule has 0 bridgehead atoms. The summed E-state index contributed by atoms with van der Waals surface area (Å²) in [5.41, 5.74) is 1.24. The fraction of sp³-hybridized carbons (Fsp3) is 0.643. The van der Waals surface area contributed by atoms with E-state index in [2.05, 4.69) is 10.3 Å². The third kappa shape index (κ3) is 7.89. The van der Waals surface area contributed by atoms with Crippen LogP contribution in [0.1, 0.15) is 12.5 Å². The van der Waals surface area contributed by atoms with Crippen LogP contribution < -0.4 is 5.32 Å². The number of nitrogens with one attached hydrogen (secondary N) is 1. The first-order valence-corrected chi connectivity index (χ1v) is 6.60. The fourth-order valence-electron chi connectivity index (χ4n) is 1.67. The molecule has 19 heavy (non-hydrogen) atoms. The second-order valence-corrected chi connectivity index (χ2v) is 4.56. The number of aliphatic hydroxyl groups excluding tert-OH is 1. The van der Waals surface area contributed by atoms with E-state index in [1.165, 1.54) is 5.56 Å². The lowest BCUT2D eigenvalue weighted by molar-refractivity contribution is -0.0310. The number of hydrogen-bond donors (Lipinski definition) is 2. The first-order chi connectivity index (χ1) is 9.22. The van der Waals surface area contributed by atoms with Crippen LogP contribution in [0.4, 0.5) is 0 Å². The van der Waals surface area contributed by atoms with Gasteiger partial charge in [0.25, 0.3) is 0 Å². The van der Waals surface area contributed by atoms with Gasteiger partial charge in [-0.25, -0.2) is 0 Å². The van der Waals surface area contributed by atoms with E-state index in [0.717, 1.165) is 13.0 Å². The molecule has 0 aliphatic carbocycles. The van der Waals surface area contributed by atoms with Crippen molar-refractivity contribution in [2.24, 2.45) is 0 Å². The predicted molar refractivity (Wildman–Crippen MR) is 74.1 cm³/mol. The van der Waals surface area contributed by atoms with Crippen LogP contribution in [0.5, 0.6) is 0 Å². The average molecular weight is 268 g/mol. The monoisotopic (exact) mass is 268 g/mol. The molecule has 2 unspecified atom stereocenters.